The predicted octanol–water partition coefficient (Wildman–Crippen LogP) is 0.858. The van der Waals surface area contributed by atoms with Gasteiger partial charge in [-0.15, -0.1) is 0 Å². The van der Waals surface area contributed by atoms with Gasteiger partial charge in [0, 0.05) is 13.1 Å². The van der Waals surface area contributed by atoms with Crippen LogP contribution in [0, 0.1) is 17.2 Å². The molecular formula is C8H17N3. The lowest BCUT2D eigenvalue weighted by atomic mass is 9.92. The highest BCUT2D eigenvalue weighted by molar-refractivity contribution is 5.74. The van der Waals surface area contributed by atoms with E-state index in [-0.39, 0.29) is 5.96 Å². The van der Waals surface area contributed by atoms with E-state index in [0.29, 0.717) is 11.8 Å². The van der Waals surface area contributed by atoms with Crippen molar-refractivity contribution in [1.29, 1.82) is 5.41 Å². The molecule has 1 aliphatic heterocycles. The highest BCUT2D eigenvalue weighted by Gasteiger charge is 2.21. The molecule has 0 aromatic heterocycles. The van der Waals surface area contributed by atoms with Crippen LogP contribution in [0.15, 0.2) is 0 Å². The molecule has 0 radical (unpaired) electrons. The van der Waals surface area contributed by atoms with Gasteiger partial charge >= 0.3 is 0 Å². The van der Waals surface area contributed by atoms with E-state index < -0.39 is 0 Å². The van der Waals surface area contributed by atoms with Gasteiger partial charge in [0.05, 0.1) is 0 Å². The largest absolute Gasteiger partial charge is 0.370 e. The van der Waals surface area contributed by atoms with Crippen molar-refractivity contribution in [3.8, 4) is 0 Å². The maximum Gasteiger partial charge on any atom is 0.188 e. The van der Waals surface area contributed by atoms with Gasteiger partial charge in [-0.05, 0) is 18.3 Å². The van der Waals surface area contributed by atoms with Gasteiger partial charge in [0.15, 0.2) is 5.96 Å². The molecule has 3 N–H and O–H groups in total. The Kier molecular flexibility index (Phi) is 2.37. The van der Waals surface area contributed by atoms with E-state index in [1.165, 1.54) is 6.42 Å². The van der Waals surface area contributed by atoms with Gasteiger partial charge in [-0.1, -0.05) is 13.8 Å². The molecule has 3 heteroatoms. The first kappa shape index (κ1) is 8.37. The molecule has 0 aromatic carbocycles. The summed E-state index contributed by atoms with van der Waals surface area (Å²) in [4.78, 5) is 1.96. The molecule has 0 aromatic rings. The summed E-state index contributed by atoms with van der Waals surface area (Å²) >= 11 is 0. The number of hydrogen-bond acceptors (Lipinski definition) is 1. The molecule has 1 heterocycles. The molecule has 0 saturated carbocycles. The second kappa shape index (κ2) is 3.11. The van der Waals surface area contributed by atoms with E-state index in [1.54, 1.807) is 0 Å². The van der Waals surface area contributed by atoms with Crippen LogP contribution in [0.2, 0.25) is 0 Å². The number of nitrogens with one attached hydrogen (secondary N) is 1. The molecule has 1 aliphatic rings. The zero-order valence-corrected chi connectivity index (χ0v) is 7.30. The highest BCUT2D eigenvalue weighted by Crippen LogP contribution is 2.19. The van der Waals surface area contributed by atoms with Crippen LogP contribution < -0.4 is 5.73 Å². The first-order chi connectivity index (χ1) is 5.09. The van der Waals surface area contributed by atoms with Crippen LogP contribution in [0.5, 0.6) is 0 Å². The Balaban J connectivity index is 2.49. The van der Waals surface area contributed by atoms with Gasteiger partial charge in [-0.2, -0.15) is 0 Å². The Morgan fingerprint density at radius 2 is 1.82 bits per heavy atom. The summed E-state index contributed by atoms with van der Waals surface area (Å²) < 4.78 is 0. The molecule has 3 nitrogen and oxygen atoms in total. The number of nitrogens with zero attached hydrogens (tertiary/aromatic N) is 1. The van der Waals surface area contributed by atoms with Gasteiger partial charge in [0.25, 0.3) is 0 Å². The van der Waals surface area contributed by atoms with E-state index in [0.717, 1.165) is 13.1 Å². The Labute approximate surface area is 68.1 Å². The molecule has 0 unspecified atom stereocenters. The first-order valence-electron chi connectivity index (χ1n) is 4.18. The molecule has 2 atom stereocenters. The third-order valence-corrected chi connectivity index (χ3v) is 2.21. The second-order valence-corrected chi connectivity index (χ2v) is 3.74. The van der Waals surface area contributed by atoms with Crippen molar-refractivity contribution >= 4 is 5.96 Å². The standard InChI is InChI=1S/C8H17N3/c1-6-3-7(2)5-11(4-6)8(9)10/h6-7H,3-5H2,1-2H3,(H3,9,10)/t6-,7+. The summed E-state index contributed by atoms with van der Waals surface area (Å²) in [6.45, 7) is 6.34. The molecule has 0 spiro atoms. The van der Waals surface area contributed by atoms with Crippen molar-refractivity contribution < 1.29 is 0 Å². The lowest BCUT2D eigenvalue weighted by Crippen LogP contribution is -2.45. The van der Waals surface area contributed by atoms with Crippen LogP contribution in [0.3, 0.4) is 0 Å². The van der Waals surface area contributed by atoms with Crippen LogP contribution in [-0.2, 0) is 0 Å². The van der Waals surface area contributed by atoms with Crippen LogP contribution in [-0.4, -0.2) is 23.9 Å². The number of likely N-dealkylation sites (tertiary alicyclic amines) is 1. The Morgan fingerprint density at radius 3 is 2.18 bits per heavy atom. The third-order valence-electron chi connectivity index (χ3n) is 2.21. The number of nitrogens with two attached hydrogens (primary N) is 1. The van der Waals surface area contributed by atoms with Gasteiger partial charge < -0.3 is 10.6 Å². The van der Waals surface area contributed by atoms with E-state index in [9.17, 15) is 0 Å². The van der Waals surface area contributed by atoms with E-state index in [2.05, 4.69) is 13.8 Å². The zero-order chi connectivity index (χ0) is 8.43. The van der Waals surface area contributed by atoms with Crippen molar-refractivity contribution in [2.45, 2.75) is 20.3 Å². The van der Waals surface area contributed by atoms with Gasteiger partial charge in [0.2, 0.25) is 0 Å². The van der Waals surface area contributed by atoms with E-state index in [1.807, 2.05) is 4.90 Å². The first-order valence-corrected chi connectivity index (χ1v) is 4.18. The lowest BCUT2D eigenvalue weighted by Gasteiger charge is -2.35. The minimum absolute atomic E-state index is 0.225. The molecule has 64 valence electrons. The zero-order valence-electron chi connectivity index (χ0n) is 7.30. The molecule has 1 saturated heterocycles. The normalized spacial score (nSPS) is 32.0. The minimum Gasteiger partial charge on any atom is -0.370 e. The molecule has 0 bridgehead atoms. The monoisotopic (exact) mass is 155 g/mol. The molecule has 11 heavy (non-hydrogen) atoms. The fourth-order valence-corrected chi connectivity index (χ4v) is 1.86. The van der Waals surface area contributed by atoms with Gasteiger partial charge in [0.1, 0.15) is 0 Å². The average molecular weight is 155 g/mol. The minimum atomic E-state index is 0.225. The topological polar surface area (TPSA) is 53.1 Å². The second-order valence-electron chi connectivity index (χ2n) is 3.74. The summed E-state index contributed by atoms with van der Waals surface area (Å²) in [6.07, 6.45) is 1.27. The number of hydrogen-bond donors (Lipinski definition) is 2. The smallest absolute Gasteiger partial charge is 0.188 e. The van der Waals surface area contributed by atoms with Crippen LogP contribution >= 0.6 is 0 Å². The van der Waals surface area contributed by atoms with Crippen LogP contribution in [0.1, 0.15) is 20.3 Å². The van der Waals surface area contributed by atoms with Crippen molar-refractivity contribution in [2.24, 2.45) is 17.6 Å². The maximum atomic E-state index is 7.27. The maximum absolute atomic E-state index is 7.27. The van der Waals surface area contributed by atoms with Crippen LogP contribution in [0.4, 0.5) is 0 Å². The summed E-state index contributed by atoms with van der Waals surface area (Å²) in [5.41, 5.74) is 5.40. The summed E-state index contributed by atoms with van der Waals surface area (Å²) in [5.74, 6) is 1.59. The SMILES string of the molecule is C[C@@H]1C[C@H](C)CN(C(=N)N)C1. The van der Waals surface area contributed by atoms with E-state index in [4.69, 9.17) is 11.1 Å². The van der Waals surface area contributed by atoms with Gasteiger partial charge in [-0.25, -0.2) is 0 Å². The van der Waals surface area contributed by atoms with Crippen LogP contribution in [0.25, 0.3) is 0 Å². The Hall–Kier alpha value is -0.730. The summed E-state index contributed by atoms with van der Waals surface area (Å²) in [7, 11) is 0. The summed E-state index contributed by atoms with van der Waals surface area (Å²) in [5, 5.41) is 7.27. The Bertz CT molecular complexity index is 145. The fourth-order valence-electron chi connectivity index (χ4n) is 1.86. The van der Waals surface area contributed by atoms with Crippen molar-refractivity contribution in [3.05, 3.63) is 0 Å². The fraction of sp³-hybridized carbons (Fsp3) is 0.875. The Morgan fingerprint density at radius 1 is 1.36 bits per heavy atom. The molecule has 0 aliphatic carbocycles. The molecule has 1 rings (SSSR count). The average Bonchev–Trinajstić information content (AvgIpc) is 1.85. The third kappa shape index (κ3) is 2.10. The van der Waals surface area contributed by atoms with Crippen molar-refractivity contribution in [2.75, 3.05) is 13.1 Å². The van der Waals surface area contributed by atoms with E-state index >= 15 is 0 Å². The molecule has 0 amide bonds. The number of piperidine rings is 1. The highest BCUT2D eigenvalue weighted by atomic mass is 15.2. The van der Waals surface area contributed by atoms with Crippen molar-refractivity contribution in [1.82, 2.24) is 4.90 Å². The molecule has 1 fully saturated rings. The van der Waals surface area contributed by atoms with Crippen molar-refractivity contribution in [3.63, 3.8) is 0 Å². The predicted molar refractivity (Wildman–Crippen MR) is 46.4 cm³/mol. The summed E-state index contributed by atoms with van der Waals surface area (Å²) in [6, 6.07) is 0. The lowest BCUT2D eigenvalue weighted by molar-refractivity contribution is 0.211. The quantitative estimate of drug-likeness (QED) is 0.402. The number of guanidine groups is 1. The number of rotatable bonds is 0. The molecular weight excluding hydrogens is 138 g/mol. The van der Waals surface area contributed by atoms with Gasteiger partial charge in [-0.3, -0.25) is 5.41 Å².